The molecule has 0 atom stereocenters. The molecule has 1 saturated carbocycles. The number of aromatic nitrogens is 2. The molecule has 0 aromatic carbocycles. The molecule has 0 saturated heterocycles. The van der Waals surface area contributed by atoms with E-state index < -0.39 is 0 Å². The SMILES string of the molecule is Clc1cc(C2CC2)nc(-c2cccs2)n1. The van der Waals surface area contributed by atoms with E-state index in [1.165, 1.54) is 12.8 Å². The zero-order valence-electron chi connectivity index (χ0n) is 7.98. The number of hydrogen-bond donors (Lipinski definition) is 0. The van der Waals surface area contributed by atoms with Gasteiger partial charge in [0.05, 0.1) is 4.88 Å². The molecule has 2 heterocycles. The molecule has 0 N–H and O–H groups in total. The van der Waals surface area contributed by atoms with Crippen LogP contribution >= 0.6 is 22.9 Å². The minimum Gasteiger partial charge on any atom is -0.232 e. The second kappa shape index (κ2) is 3.58. The molecule has 15 heavy (non-hydrogen) atoms. The van der Waals surface area contributed by atoms with Crippen LogP contribution in [-0.2, 0) is 0 Å². The first-order chi connectivity index (χ1) is 7.33. The third kappa shape index (κ3) is 1.90. The van der Waals surface area contributed by atoms with Gasteiger partial charge in [-0.3, -0.25) is 0 Å². The number of hydrogen-bond acceptors (Lipinski definition) is 3. The summed E-state index contributed by atoms with van der Waals surface area (Å²) in [7, 11) is 0. The number of halogens is 1. The molecule has 76 valence electrons. The van der Waals surface area contributed by atoms with E-state index in [1.807, 2.05) is 23.6 Å². The highest BCUT2D eigenvalue weighted by Gasteiger charge is 2.26. The van der Waals surface area contributed by atoms with Gasteiger partial charge in [0.15, 0.2) is 5.82 Å². The van der Waals surface area contributed by atoms with Crippen LogP contribution in [0.25, 0.3) is 10.7 Å². The normalized spacial score (nSPS) is 15.5. The highest BCUT2D eigenvalue weighted by molar-refractivity contribution is 7.13. The van der Waals surface area contributed by atoms with Crippen molar-refractivity contribution in [3.63, 3.8) is 0 Å². The van der Waals surface area contributed by atoms with Gasteiger partial charge in [-0.1, -0.05) is 17.7 Å². The van der Waals surface area contributed by atoms with E-state index in [9.17, 15) is 0 Å². The molecule has 0 bridgehead atoms. The lowest BCUT2D eigenvalue weighted by Gasteiger charge is -2.01. The van der Waals surface area contributed by atoms with Gasteiger partial charge in [-0.2, -0.15) is 0 Å². The molecule has 2 nitrogen and oxygen atoms in total. The molecule has 0 aliphatic heterocycles. The minimum atomic E-state index is 0.551. The van der Waals surface area contributed by atoms with E-state index in [0.29, 0.717) is 11.1 Å². The fraction of sp³-hybridized carbons (Fsp3) is 0.273. The summed E-state index contributed by atoms with van der Waals surface area (Å²) in [5.74, 6) is 1.38. The van der Waals surface area contributed by atoms with Crippen LogP contribution in [0.2, 0.25) is 5.15 Å². The van der Waals surface area contributed by atoms with Gasteiger partial charge in [0, 0.05) is 11.6 Å². The summed E-state index contributed by atoms with van der Waals surface area (Å²) in [6, 6.07) is 5.91. The Bertz CT molecular complexity index is 477. The van der Waals surface area contributed by atoms with E-state index in [2.05, 4.69) is 9.97 Å². The summed E-state index contributed by atoms with van der Waals surface area (Å²) in [6.45, 7) is 0. The highest BCUT2D eigenvalue weighted by Crippen LogP contribution is 2.40. The molecule has 3 rings (SSSR count). The standard InChI is InChI=1S/C11H9ClN2S/c12-10-6-8(7-3-4-7)13-11(14-10)9-2-1-5-15-9/h1-2,5-7H,3-4H2. The molecule has 0 spiro atoms. The van der Waals surface area contributed by atoms with E-state index in [0.717, 1.165) is 16.4 Å². The van der Waals surface area contributed by atoms with Crippen LogP contribution < -0.4 is 0 Å². The summed E-state index contributed by atoms with van der Waals surface area (Å²) < 4.78 is 0. The van der Waals surface area contributed by atoms with Crippen LogP contribution in [0.3, 0.4) is 0 Å². The molecule has 2 aromatic heterocycles. The number of nitrogens with zero attached hydrogens (tertiary/aromatic N) is 2. The first-order valence-corrected chi connectivity index (χ1v) is 6.17. The Morgan fingerprint density at radius 3 is 2.87 bits per heavy atom. The van der Waals surface area contributed by atoms with Crippen molar-refractivity contribution in [1.29, 1.82) is 0 Å². The molecular weight excluding hydrogens is 228 g/mol. The maximum Gasteiger partial charge on any atom is 0.171 e. The molecule has 0 unspecified atom stereocenters. The van der Waals surface area contributed by atoms with Crippen LogP contribution in [0, 0.1) is 0 Å². The fourth-order valence-corrected chi connectivity index (χ4v) is 2.39. The summed E-state index contributed by atoms with van der Waals surface area (Å²) in [4.78, 5) is 9.89. The molecule has 0 radical (unpaired) electrons. The summed E-state index contributed by atoms with van der Waals surface area (Å²) in [6.07, 6.45) is 2.47. The van der Waals surface area contributed by atoms with Gasteiger partial charge in [-0.05, 0) is 30.4 Å². The van der Waals surface area contributed by atoms with Crippen molar-refractivity contribution in [2.24, 2.45) is 0 Å². The number of thiophene rings is 1. The lowest BCUT2D eigenvalue weighted by atomic mass is 10.3. The van der Waals surface area contributed by atoms with Crippen molar-refractivity contribution in [3.05, 3.63) is 34.4 Å². The van der Waals surface area contributed by atoms with Gasteiger partial charge in [0.1, 0.15) is 5.15 Å². The molecule has 1 aliphatic carbocycles. The maximum atomic E-state index is 5.99. The Balaban J connectivity index is 2.07. The van der Waals surface area contributed by atoms with Crippen LogP contribution in [0.4, 0.5) is 0 Å². The maximum absolute atomic E-state index is 5.99. The van der Waals surface area contributed by atoms with E-state index in [-0.39, 0.29) is 0 Å². The van der Waals surface area contributed by atoms with Crippen molar-refractivity contribution in [1.82, 2.24) is 9.97 Å². The average molecular weight is 237 g/mol. The first kappa shape index (κ1) is 9.31. The van der Waals surface area contributed by atoms with E-state index in [1.54, 1.807) is 11.3 Å². The zero-order valence-corrected chi connectivity index (χ0v) is 9.55. The molecule has 2 aromatic rings. The van der Waals surface area contributed by atoms with Crippen molar-refractivity contribution in [3.8, 4) is 10.7 Å². The highest BCUT2D eigenvalue weighted by atomic mass is 35.5. The van der Waals surface area contributed by atoms with Gasteiger partial charge in [-0.25, -0.2) is 9.97 Å². The van der Waals surface area contributed by atoms with Crippen LogP contribution in [0.15, 0.2) is 23.6 Å². The molecule has 1 aliphatic rings. The second-order valence-electron chi connectivity index (χ2n) is 3.69. The molecular formula is C11H9ClN2S. The fourth-order valence-electron chi connectivity index (χ4n) is 1.54. The third-order valence-electron chi connectivity index (χ3n) is 2.45. The molecule has 4 heteroatoms. The Labute approximate surface area is 97.0 Å². The van der Waals surface area contributed by atoms with Crippen molar-refractivity contribution >= 4 is 22.9 Å². The second-order valence-corrected chi connectivity index (χ2v) is 5.03. The van der Waals surface area contributed by atoms with Gasteiger partial charge < -0.3 is 0 Å². The van der Waals surface area contributed by atoms with Gasteiger partial charge >= 0.3 is 0 Å². The van der Waals surface area contributed by atoms with Crippen molar-refractivity contribution in [2.75, 3.05) is 0 Å². The lowest BCUT2D eigenvalue weighted by Crippen LogP contribution is -1.93. The third-order valence-corrected chi connectivity index (χ3v) is 3.51. The predicted octanol–water partition coefficient (Wildman–Crippen LogP) is 3.74. The smallest absolute Gasteiger partial charge is 0.171 e. The van der Waals surface area contributed by atoms with Crippen molar-refractivity contribution < 1.29 is 0 Å². The monoisotopic (exact) mass is 236 g/mol. The Kier molecular flexibility index (Phi) is 2.22. The molecule has 0 amide bonds. The summed E-state index contributed by atoms with van der Waals surface area (Å²) >= 11 is 7.63. The van der Waals surface area contributed by atoms with Gasteiger partial charge in [0.2, 0.25) is 0 Å². The topological polar surface area (TPSA) is 25.8 Å². The van der Waals surface area contributed by atoms with Gasteiger partial charge in [-0.15, -0.1) is 11.3 Å². The minimum absolute atomic E-state index is 0.551. The summed E-state index contributed by atoms with van der Waals surface area (Å²) in [5, 5.41) is 2.58. The Morgan fingerprint density at radius 1 is 1.33 bits per heavy atom. The quantitative estimate of drug-likeness (QED) is 0.743. The zero-order chi connectivity index (χ0) is 10.3. The van der Waals surface area contributed by atoms with Crippen molar-refractivity contribution in [2.45, 2.75) is 18.8 Å². The van der Waals surface area contributed by atoms with Crippen LogP contribution in [0.1, 0.15) is 24.5 Å². The van der Waals surface area contributed by atoms with E-state index in [4.69, 9.17) is 11.6 Å². The Hall–Kier alpha value is -0.930. The van der Waals surface area contributed by atoms with Crippen LogP contribution in [-0.4, -0.2) is 9.97 Å². The largest absolute Gasteiger partial charge is 0.232 e. The predicted molar refractivity (Wildman–Crippen MR) is 62.3 cm³/mol. The van der Waals surface area contributed by atoms with Crippen LogP contribution in [0.5, 0.6) is 0 Å². The Morgan fingerprint density at radius 2 is 2.20 bits per heavy atom. The van der Waals surface area contributed by atoms with Gasteiger partial charge in [0.25, 0.3) is 0 Å². The average Bonchev–Trinajstić information content (AvgIpc) is 2.93. The number of rotatable bonds is 2. The summed E-state index contributed by atoms with van der Waals surface area (Å²) in [5.41, 5.74) is 1.10. The lowest BCUT2D eigenvalue weighted by molar-refractivity contribution is 0.997. The first-order valence-electron chi connectivity index (χ1n) is 4.91. The van der Waals surface area contributed by atoms with E-state index >= 15 is 0 Å². The molecule has 1 fully saturated rings.